The van der Waals surface area contributed by atoms with Crippen LogP contribution in [0, 0.1) is 11.3 Å². The van der Waals surface area contributed by atoms with Crippen LogP contribution in [0.3, 0.4) is 0 Å². The second-order valence-corrected chi connectivity index (χ2v) is 4.36. The Bertz CT molecular complexity index is 536. The third kappa shape index (κ3) is 1.99. The molecule has 2 aromatic rings. The Balaban J connectivity index is 2.38. The number of rotatable bonds is 4. The molecule has 0 fully saturated rings. The lowest BCUT2D eigenvalue weighted by molar-refractivity contribution is 0.689. The number of nitrogens with one attached hydrogen (secondary N) is 1. The molecule has 1 heterocycles. The highest BCUT2D eigenvalue weighted by atomic mass is 32.1. The Morgan fingerprint density at radius 1 is 1.50 bits per heavy atom. The van der Waals surface area contributed by atoms with E-state index < -0.39 is 0 Å². The average Bonchev–Trinajstić information content (AvgIpc) is 2.75. The summed E-state index contributed by atoms with van der Waals surface area (Å²) in [6.45, 7) is 4.28. The first kappa shape index (κ1) is 10.9. The Hall–Kier alpha value is -1.63. The van der Waals surface area contributed by atoms with Gasteiger partial charge in [0.25, 0.3) is 0 Å². The topological polar surface area (TPSA) is 35.8 Å². The van der Waals surface area contributed by atoms with Crippen molar-refractivity contribution >= 4 is 21.4 Å². The van der Waals surface area contributed by atoms with Crippen molar-refractivity contribution in [2.75, 3.05) is 6.54 Å². The smallest absolute Gasteiger partial charge is 0.123 e. The van der Waals surface area contributed by atoms with Gasteiger partial charge >= 0.3 is 0 Å². The Kier molecular flexibility index (Phi) is 3.35. The zero-order chi connectivity index (χ0) is 11.4. The Labute approximate surface area is 98.8 Å². The quantitative estimate of drug-likeness (QED) is 0.815. The standard InChI is InChI=1S/C13H12N2S/c1-2-7-15-12(8-14)11-9-16-13-6-4-3-5-10(11)13/h2-6,9,12,15H,1,7H2. The van der Waals surface area contributed by atoms with E-state index in [1.54, 1.807) is 17.4 Å². The van der Waals surface area contributed by atoms with Crippen molar-refractivity contribution in [3.8, 4) is 6.07 Å². The van der Waals surface area contributed by atoms with E-state index in [0.29, 0.717) is 6.54 Å². The molecule has 16 heavy (non-hydrogen) atoms. The van der Waals surface area contributed by atoms with Crippen LogP contribution in [0.5, 0.6) is 0 Å². The van der Waals surface area contributed by atoms with Gasteiger partial charge in [-0.05, 0) is 16.8 Å². The second kappa shape index (κ2) is 4.93. The molecule has 1 aromatic heterocycles. The minimum absolute atomic E-state index is 0.255. The van der Waals surface area contributed by atoms with Crippen LogP contribution in [0.1, 0.15) is 11.6 Å². The monoisotopic (exact) mass is 228 g/mol. The van der Waals surface area contributed by atoms with E-state index in [9.17, 15) is 0 Å². The minimum atomic E-state index is -0.255. The van der Waals surface area contributed by atoms with Crippen LogP contribution in [0.25, 0.3) is 10.1 Å². The van der Waals surface area contributed by atoms with E-state index in [1.165, 1.54) is 4.70 Å². The number of thiophene rings is 1. The lowest BCUT2D eigenvalue weighted by Crippen LogP contribution is -2.19. The molecule has 1 aromatic carbocycles. The molecule has 0 bridgehead atoms. The number of nitriles is 1. The summed E-state index contributed by atoms with van der Waals surface area (Å²) in [6.07, 6.45) is 1.76. The number of nitrogens with zero attached hydrogens (tertiary/aromatic N) is 1. The highest BCUT2D eigenvalue weighted by molar-refractivity contribution is 7.17. The average molecular weight is 228 g/mol. The van der Waals surface area contributed by atoms with Crippen LogP contribution in [-0.4, -0.2) is 6.54 Å². The van der Waals surface area contributed by atoms with Crippen molar-refractivity contribution in [3.63, 3.8) is 0 Å². The summed E-state index contributed by atoms with van der Waals surface area (Å²) in [6, 6.07) is 10.2. The third-order valence-corrected chi connectivity index (χ3v) is 3.40. The molecule has 0 aliphatic carbocycles. The SMILES string of the molecule is C=CCNC(C#N)c1csc2ccccc12. The fourth-order valence-electron chi connectivity index (χ4n) is 1.65. The molecule has 0 radical (unpaired) electrons. The fourth-order valence-corrected chi connectivity index (χ4v) is 2.64. The van der Waals surface area contributed by atoms with Gasteiger partial charge in [0.15, 0.2) is 0 Å². The van der Waals surface area contributed by atoms with Crippen molar-refractivity contribution in [1.82, 2.24) is 5.32 Å². The van der Waals surface area contributed by atoms with Gasteiger partial charge < -0.3 is 0 Å². The normalized spacial score (nSPS) is 12.2. The molecule has 2 nitrogen and oxygen atoms in total. The van der Waals surface area contributed by atoms with Gasteiger partial charge in [-0.15, -0.1) is 17.9 Å². The maximum Gasteiger partial charge on any atom is 0.123 e. The van der Waals surface area contributed by atoms with Crippen LogP contribution < -0.4 is 5.32 Å². The number of fused-ring (bicyclic) bond motifs is 1. The van der Waals surface area contributed by atoms with E-state index in [1.807, 2.05) is 12.1 Å². The Morgan fingerprint density at radius 2 is 2.31 bits per heavy atom. The molecule has 0 aliphatic rings. The predicted molar refractivity (Wildman–Crippen MR) is 68.4 cm³/mol. The van der Waals surface area contributed by atoms with Crippen LogP contribution in [0.15, 0.2) is 42.3 Å². The molecule has 2 rings (SSSR count). The molecular formula is C13H12N2S. The summed E-state index contributed by atoms with van der Waals surface area (Å²) >= 11 is 1.67. The summed E-state index contributed by atoms with van der Waals surface area (Å²) in [5.74, 6) is 0. The van der Waals surface area contributed by atoms with Gasteiger partial charge in [0.1, 0.15) is 6.04 Å². The third-order valence-electron chi connectivity index (χ3n) is 2.42. The second-order valence-electron chi connectivity index (χ2n) is 3.45. The lowest BCUT2D eigenvalue weighted by atomic mass is 10.1. The molecule has 1 N–H and O–H groups in total. The number of benzene rings is 1. The zero-order valence-corrected chi connectivity index (χ0v) is 9.63. The molecule has 1 atom stereocenters. The van der Waals surface area contributed by atoms with Gasteiger partial charge in [-0.2, -0.15) is 5.26 Å². The first-order valence-corrected chi connectivity index (χ1v) is 5.95. The maximum atomic E-state index is 9.14. The molecular weight excluding hydrogens is 216 g/mol. The molecule has 0 aliphatic heterocycles. The summed E-state index contributed by atoms with van der Waals surface area (Å²) in [7, 11) is 0. The van der Waals surface area contributed by atoms with E-state index >= 15 is 0 Å². The summed E-state index contributed by atoms with van der Waals surface area (Å²) in [5.41, 5.74) is 1.06. The van der Waals surface area contributed by atoms with Gasteiger partial charge in [0.2, 0.25) is 0 Å². The zero-order valence-electron chi connectivity index (χ0n) is 8.81. The van der Waals surface area contributed by atoms with Crippen molar-refractivity contribution in [2.45, 2.75) is 6.04 Å². The summed E-state index contributed by atoms with van der Waals surface area (Å²) < 4.78 is 1.22. The van der Waals surface area contributed by atoms with E-state index in [0.717, 1.165) is 10.9 Å². The first-order valence-electron chi connectivity index (χ1n) is 5.07. The van der Waals surface area contributed by atoms with Gasteiger partial charge in [0.05, 0.1) is 6.07 Å². The molecule has 1 unspecified atom stereocenters. The Morgan fingerprint density at radius 3 is 3.06 bits per heavy atom. The molecule has 0 amide bonds. The molecule has 3 heteroatoms. The van der Waals surface area contributed by atoms with Crippen LogP contribution in [0.2, 0.25) is 0 Å². The van der Waals surface area contributed by atoms with Gasteiger partial charge in [-0.3, -0.25) is 5.32 Å². The van der Waals surface area contributed by atoms with Crippen molar-refractivity contribution in [2.24, 2.45) is 0 Å². The predicted octanol–water partition coefficient (Wildman–Crippen LogP) is 3.24. The molecule has 0 saturated carbocycles. The highest BCUT2D eigenvalue weighted by Gasteiger charge is 2.13. The lowest BCUT2D eigenvalue weighted by Gasteiger charge is -2.08. The number of hydrogen-bond acceptors (Lipinski definition) is 3. The van der Waals surface area contributed by atoms with Crippen molar-refractivity contribution in [1.29, 1.82) is 5.26 Å². The maximum absolute atomic E-state index is 9.14. The highest BCUT2D eigenvalue weighted by Crippen LogP contribution is 2.29. The summed E-state index contributed by atoms with van der Waals surface area (Å²) in [4.78, 5) is 0. The van der Waals surface area contributed by atoms with E-state index in [2.05, 4.69) is 35.5 Å². The van der Waals surface area contributed by atoms with Gasteiger partial charge in [0, 0.05) is 16.8 Å². The van der Waals surface area contributed by atoms with E-state index in [4.69, 9.17) is 5.26 Å². The fraction of sp³-hybridized carbons (Fsp3) is 0.154. The van der Waals surface area contributed by atoms with Gasteiger partial charge in [-0.1, -0.05) is 24.3 Å². The van der Waals surface area contributed by atoms with Crippen LogP contribution in [-0.2, 0) is 0 Å². The first-order chi connectivity index (χ1) is 7.86. The van der Waals surface area contributed by atoms with Crippen molar-refractivity contribution in [3.05, 3.63) is 47.9 Å². The minimum Gasteiger partial charge on any atom is -0.295 e. The largest absolute Gasteiger partial charge is 0.295 e. The van der Waals surface area contributed by atoms with E-state index in [-0.39, 0.29) is 6.04 Å². The molecule has 80 valence electrons. The van der Waals surface area contributed by atoms with Crippen LogP contribution in [0.4, 0.5) is 0 Å². The molecule has 0 saturated heterocycles. The van der Waals surface area contributed by atoms with Crippen molar-refractivity contribution < 1.29 is 0 Å². The molecule has 0 spiro atoms. The van der Waals surface area contributed by atoms with Crippen LogP contribution >= 0.6 is 11.3 Å². The summed E-state index contributed by atoms with van der Waals surface area (Å²) in [5, 5.41) is 15.5. The van der Waals surface area contributed by atoms with Gasteiger partial charge in [-0.25, -0.2) is 0 Å². The number of hydrogen-bond donors (Lipinski definition) is 1.